The zero-order chi connectivity index (χ0) is 17.1. The third kappa shape index (κ3) is 3.54. The molecule has 0 saturated carbocycles. The molecule has 1 fully saturated rings. The van der Waals surface area contributed by atoms with Gasteiger partial charge in [0.05, 0.1) is 5.69 Å². The van der Waals surface area contributed by atoms with E-state index in [0.717, 1.165) is 56.0 Å². The number of nitrogens with zero attached hydrogens (tertiary/aromatic N) is 2. The van der Waals surface area contributed by atoms with Gasteiger partial charge in [0.2, 0.25) is 0 Å². The summed E-state index contributed by atoms with van der Waals surface area (Å²) < 4.78 is 19.5. The topological polar surface area (TPSA) is 15.7 Å². The van der Waals surface area contributed by atoms with Crippen molar-refractivity contribution in [3.63, 3.8) is 0 Å². The first-order valence-corrected chi connectivity index (χ1v) is 8.97. The van der Waals surface area contributed by atoms with Gasteiger partial charge in [0.15, 0.2) is 0 Å². The average molecular weight is 338 g/mol. The van der Waals surface area contributed by atoms with Crippen molar-refractivity contribution >= 4 is 5.69 Å². The van der Waals surface area contributed by atoms with Crippen molar-refractivity contribution in [2.45, 2.75) is 18.8 Å². The fourth-order valence-electron chi connectivity index (χ4n) is 3.77. The number of fused-ring (bicyclic) bond motifs is 1. The molecule has 2 aliphatic heterocycles. The molecule has 0 atom stereocenters. The zero-order valence-corrected chi connectivity index (χ0v) is 14.3. The summed E-state index contributed by atoms with van der Waals surface area (Å²) in [4.78, 5) is 4.71. The van der Waals surface area contributed by atoms with Crippen molar-refractivity contribution in [3.8, 4) is 5.75 Å². The quantitative estimate of drug-likeness (QED) is 0.823. The van der Waals surface area contributed by atoms with Crippen molar-refractivity contribution < 1.29 is 9.13 Å². The SMILES string of the molecule is Fc1ccccc1C1CCN(CCN2C=COc3ccccc32)CC1. The van der Waals surface area contributed by atoms with Crippen molar-refractivity contribution in [3.05, 3.63) is 72.4 Å². The average Bonchev–Trinajstić information content (AvgIpc) is 2.67. The third-order valence-corrected chi connectivity index (χ3v) is 5.20. The molecule has 0 bridgehead atoms. The highest BCUT2D eigenvalue weighted by Gasteiger charge is 2.23. The lowest BCUT2D eigenvalue weighted by molar-refractivity contribution is 0.215. The minimum absolute atomic E-state index is 0.0592. The van der Waals surface area contributed by atoms with Gasteiger partial charge in [0.25, 0.3) is 0 Å². The largest absolute Gasteiger partial charge is 0.461 e. The van der Waals surface area contributed by atoms with E-state index in [4.69, 9.17) is 4.74 Å². The minimum Gasteiger partial charge on any atom is -0.461 e. The van der Waals surface area contributed by atoms with Crippen molar-refractivity contribution in [2.75, 3.05) is 31.1 Å². The van der Waals surface area contributed by atoms with Crippen molar-refractivity contribution in [1.82, 2.24) is 4.90 Å². The Morgan fingerprint density at radius 2 is 1.72 bits per heavy atom. The van der Waals surface area contributed by atoms with Crippen molar-refractivity contribution in [1.29, 1.82) is 0 Å². The molecule has 2 aromatic carbocycles. The van der Waals surface area contributed by atoms with Crippen LogP contribution >= 0.6 is 0 Å². The van der Waals surface area contributed by atoms with E-state index in [1.165, 1.54) is 0 Å². The van der Waals surface area contributed by atoms with E-state index in [2.05, 4.69) is 15.9 Å². The summed E-state index contributed by atoms with van der Waals surface area (Å²) in [6, 6.07) is 15.3. The van der Waals surface area contributed by atoms with E-state index >= 15 is 0 Å². The molecule has 0 N–H and O–H groups in total. The lowest BCUT2D eigenvalue weighted by atomic mass is 9.89. The Morgan fingerprint density at radius 3 is 2.56 bits per heavy atom. The van der Waals surface area contributed by atoms with E-state index in [9.17, 15) is 4.39 Å². The highest BCUT2D eigenvalue weighted by molar-refractivity contribution is 5.62. The van der Waals surface area contributed by atoms with E-state index in [1.54, 1.807) is 18.4 Å². The Bertz CT molecular complexity index is 753. The molecule has 2 aliphatic rings. The van der Waals surface area contributed by atoms with Gasteiger partial charge in [-0.05, 0) is 55.6 Å². The van der Waals surface area contributed by atoms with E-state index in [0.29, 0.717) is 5.92 Å². The summed E-state index contributed by atoms with van der Waals surface area (Å²) in [6.07, 6.45) is 5.79. The molecule has 0 amide bonds. The molecule has 4 rings (SSSR count). The molecular weight excluding hydrogens is 315 g/mol. The van der Waals surface area contributed by atoms with Gasteiger partial charge in [-0.25, -0.2) is 4.39 Å². The lowest BCUT2D eigenvalue weighted by Crippen LogP contribution is -2.38. The van der Waals surface area contributed by atoms with Crippen LogP contribution in [0.1, 0.15) is 24.3 Å². The van der Waals surface area contributed by atoms with Gasteiger partial charge >= 0.3 is 0 Å². The summed E-state index contributed by atoms with van der Waals surface area (Å²) in [5.74, 6) is 1.20. The maximum absolute atomic E-state index is 14.0. The highest BCUT2D eigenvalue weighted by Crippen LogP contribution is 2.32. The lowest BCUT2D eigenvalue weighted by Gasteiger charge is -2.34. The molecule has 130 valence electrons. The maximum Gasteiger partial charge on any atom is 0.150 e. The van der Waals surface area contributed by atoms with E-state index in [-0.39, 0.29) is 5.82 Å². The summed E-state index contributed by atoms with van der Waals surface area (Å²) >= 11 is 0. The fraction of sp³-hybridized carbons (Fsp3) is 0.333. The number of halogens is 1. The van der Waals surface area contributed by atoms with Crippen LogP contribution in [-0.4, -0.2) is 31.1 Å². The second-order valence-corrected chi connectivity index (χ2v) is 6.70. The summed E-state index contributed by atoms with van der Waals surface area (Å²) in [6.45, 7) is 3.98. The normalized spacial score (nSPS) is 18.0. The summed E-state index contributed by atoms with van der Waals surface area (Å²) in [7, 11) is 0. The Kier molecular flexibility index (Phi) is 4.70. The van der Waals surface area contributed by atoms with Gasteiger partial charge in [-0.1, -0.05) is 30.3 Å². The van der Waals surface area contributed by atoms with Gasteiger partial charge in [0, 0.05) is 19.3 Å². The van der Waals surface area contributed by atoms with Gasteiger partial charge in [-0.3, -0.25) is 0 Å². The Balaban J connectivity index is 1.32. The number of likely N-dealkylation sites (tertiary alicyclic amines) is 1. The minimum atomic E-state index is -0.0592. The predicted molar refractivity (Wildman–Crippen MR) is 98.4 cm³/mol. The first-order valence-electron chi connectivity index (χ1n) is 8.97. The van der Waals surface area contributed by atoms with Crippen LogP contribution in [0.15, 0.2) is 61.0 Å². The van der Waals surface area contributed by atoms with Crippen LogP contribution in [0.5, 0.6) is 5.75 Å². The Hall–Kier alpha value is -2.33. The second kappa shape index (κ2) is 7.28. The van der Waals surface area contributed by atoms with Crippen LogP contribution in [0.2, 0.25) is 0 Å². The predicted octanol–water partition coefficient (Wildman–Crippen LogP) is 4.38. The number of hydrogen-bond donors (Lipinski definition) is 0. The number of piperidine rings is 1. The molecule has 3 nitrogen and oxygen atoms in total. The van der Waals surface area contributed by atoms with Crippen LogP contribution in [-0.2, 0) is 0 Å². The first-order chi connectivity index (χ1) is 12.3. The number of ether oxygens (including phenoxy) is 1. The number of benzene rings is 2. The number of hydrogen-bond acceptors (Lipinski definition) is 3. The molecule has 2 heterocycles. The smallest absolute Gasteiger partial charge is 0.150 e. The molecule has 0 aliphatic carbocycles. The molecule has 0 unspecified atom stereocenters. The van der Waals surface area contributed by atoms with E-state index < -0.39 is 0 Å². The molecule has 2 aromatic rings. The van der Waals surface area contributed by atoms with Crippen LogP contribution in [0.3, 0.4) is 0 Å². The molecule has 0 radical (unpaired) electrons. The molecule has 0 spiro atoms. The van der Waals surface area contributed by atoms with Gasteiger partial charge < -0.3 is 14.5 Å². The van der Waals surface area contributed by atoms with Crippen LogP contribution < -0.4 is 9.64 Å². The van der Waals surface area contributed by atoms with Crippen molar-refractivity contribution in [2.24, 2.45) is 0 Å². The molecule has 25 heavy (non-hydrogen) atoms. The highest BCUT2D eigenvalue weighted by atomic mass is 19.1. The number of rotatable bonds is 4. The maximum atomic E-state index is 14.0. The molecular formula is C21H23FN2O. The van der Waals surface area contributed by atoms with Crippen LogP contribution in [0.4, 0.5) is 10.1 Å². The standard InChI is InChI=1S/C21H23FN2O/c22-19-6-2-1-5-18(19)17-9-11-23(12-10-17)13-14-24-15-16-25-21-8-4-3-7-20(21)24/h1-8,15-17H,9-14H2. The second-order valence-electron chi connectivity index (χ2n) is 6.70. The van der Waals surface area contributed by atoms with Gasteiger partial charge in [0.1, 0.15) is 17.8 Å². The zero-order valence-electron chi connectivity index (χ0n) is 14.3. The Labute approximate surface area is 148 Å². The summed E-state index contributed by atoms with van der Waals surface area (Å²) in [5, 5.41) is 0. The monoisotopic (exact) mass is 338 g/mol. The molecule has 4 heteroatoms. The van der Waals surface area contributed by atoms with Gasteiger partial charge in [-0.2, -0.15) is 0 Å². The molecule has 0 aromatic heterocycles. The number of para-hydroxylation sites is 2. The number of anilines is 1. The fourth-order valence-corrected chi connectivity index (χ4v) is 3.77. The first kappa shape index (κ1) is 16.2. The van der Waals surface area contributed by atoms with Gasteiger partial charge in [-0.15, -0.1) is 0 Å². The van der Waals surface area contributed by atoms with Crippen LogP contribution in [0, 0.1) is 5.82 Å². The Morgan fingerprint density at radius 1 is 0.960 bits per heavy atom. The summed E-state index contributed by atoms with van der Waals surface area (Å²) in [5.41, 5.74) is 2.00. The molecule has 1 saturated heterocycles. The van der Waals surface area contributed by atoms with E-state index in [1.807, 2.05) is 36.5 Å². The van der Waals surface area contributed by atoms with Crippen LogP contribution in [0.25, 0.3) is 0 Å². The third-order valence-electron chi connectivity index (χ3n) is 5.20.